The van der Waals surface area contributed by atoms with Crippen LogP contribution in [0.2, 0.25) is 0 Å². The van der Waals surface area contributed by atoms with Gasteiger partial charge in [-0.25, -0.2) is 0 Å². The van der Waals surface area contributed by atoms with E-state index < -0.39 is 116 Å². The number of rotatable bonds is 21. The molecule has 7 atom stereocenters. The van der Waals surface area contributed by atoms with E-state index in [9.17, 15) is 54.0 Å². The molecule has 5 amide bonds. The molecule has 0 aromatic heterocycles. The minimum Gasteiger partial charge on any atom is -0.550 e. The normalized spacial score (nSPS) is 15.8. The van der Waals surface area contributed by atoms with Crippen LogP contribution < -0.4 is 42.5 Å². The number of hydrogen-bond acceptors (Lipinski definition) is 13. The summed E-state index contributed by atoms with van der Waals surface area (Å²) in [6.07, 6.45) is -1.14. The number of quaternary nitrogens is 1. The van der Waals surface area contributed by atoms with Gasteiger partial charge in [0.1, 0.15) is 30.8 Å². The van der Waals surface area contributed by atoms with Crippen LogP contribution in [0.15, 0.2) is 0 Å². The second-order valence-corrected chi connectivity index (χ2v) is 11.2. The average molecular weight is 652 g/mol. The van der Waals surface area contributed by atoms with Crippen molar-refractivity contribution in [2.24, 2.45) is 5.92 Å². The third-order valence-electron chi connectivity index (χ3n) is 6.20. The minimum absolute atomic E-state index is 0.0705. The predicted octanol–water partition coefficient (Wildman–Crippen LogP) is -7.92. The molecule has 18 nitrogen and oxygen atoms in total. The number of aliphatic carboxylic acids is 2. The van der Waals surface area contributed by atoms with Gasteiger partial charge in [0.2, 0.25) is 23.6 Å². The molecule has 0 saturated heterocycles. The topological polar surface area (TPSA) is 314 Å². The number of aliphatic hydroxyl groups is 3. The first-order chi connectivity index (χ1) is 20.5. The van der Waals surface area contributed by atoms with E-state index in [-0.39, 0.29) is 6.42 Å². The Bertz CT molecular complexity index is 1010. The van der Waals surface area contributed by atoms with Crippen molar-refractivity contribution in [1.82, 2.24) is 26.6 Å². The Morgan fingerprint density at radius 3 is 1.66 bits per heavy atom. The Morgan fingerprint density at radius 2 is 1.20 bits per heavy atom. The molecule has 0 aromatic carbocycles. The van der Waals surface area contributed by atoms with Crippen LogP contribution in [-0.4, -0.2) is 124 Å². The van der Waals surface area contributed by atoms with Crippen molar-refractivity contribution >= 4 is 53.2 Å². The molecule has 0 spiro atoms. The van der Waals surface area contributed by atoms with Gasteiger partial charge in [0.05, 0.1) is 24.7 Å². The first kappa shape index (κ1) is 40.5. The Labute approximate surface area is 258 Å². The summed E-state index contributed by atoms with van der Waals surface area (Å²) in [7, 11) is 0. The third kappa shape index (κ3) is 14.3. The zero-order valence-corrected chi connectivity index (χ0v) is 25.8. The standard InChI is InChI=1S/C25H44N6O12S/c1-11(2)18(30-20(37)13(26)9-32)23(40)27-14(7-8-44-4)21(38)29-16(10-33)22(39)31-19(12(3)34)24(41)28-15(25(42)43)5-6-17(35)36/h11-16,18-19,32-34H,5-10,26H2,1-4H3,(H,27,40)(H,28,41)(H,29,38)(H,30,37)(H,31,39)(H,35,36)(H,42,43)/p-1/t12-,13+,14+,15+,16+,18+,19+/m1/s1. The number of hydrogen-bond donors (Lipinski definition) is 9. The number of carbonyl (C=O) groups excluding carboxylic acids is 7. The molecule has 0 aliphatic rings. The van der Waals surface area contributed by atoms with E-state index >= 15 is 0 Å². The molecular formula is C25H43N6O12S-. The van der Waals surface area contributed by atoms with Gasteiger partial charge in [-0.1, -0.05) is 13.8 Å². The highest BCUT2D eigenvalue weighted by molar-refractivity contribution is 7.98. The molecular weight excluding hydrogens is 608 g/mol. The molecule has 0 radical (unpaired) electrons. The number of amides is 5. The van der Waals surface area contributed by atoms with Crippen molar-refractivity contribution in [2.75, 3.05) is 25.2 Å². The molecule has 0 heterocycles. The number of aliphatic hydroxyl groups excluding tert-OH is 3. The fraction of sp³-hybridized carbons (Fsp3) is 0.720. The molecule has 0 aliphatic heterocycles. The van der Waals surface area contributed by atoms with Crippen LogP contribution >= 0.6 is 11.8 Å². The van der Waals surface area contributed by atoms with Crippen molar-refractivity contribution < 1.29 is 64.8 Å². The number of thioether (sulfide) groups is 1. The van der Waals surface area contributed by atoms with Gasteiger partial charge < -0.3 is 67.4 Å². The maximum Gasteiger partial charge on any atom is 0.281 e. The zero-order chi connectivity index (χ0) is 34.1. The summed E-state index contributed by atoms with van der Waals surface area (Å²) < 4.78 is 0. The minimum atomic E-state index is -1.83. The lowest BCUT2D eigenvalue weighted by atomic mass is 10.0. The Hall–Kier alpha value is -3.52. The molecule has 0 unspecified atom stereocenters. The van der Waals surface area contributed by atoms with Gasteiger partial charge in [-0.05, 0) is 44.1 Å². The lowest BCUT2D eigenvalue weighted by Gasteiger charge is -2.28. The number of carboxylic acids is 2. The summed E-state index contributed by atoms with van der Waals surface area (Å²) in [5, 5.41) is 62.2. The van der Waals surface area contributed by atoms with Crippen molar-refractivity contribution in [1.29, 1.82) is 0 Å². The van der Waals surface area contributed by atoms with Crippen LogP contribution in [0.1, 0.15) is 40.0 Å². The molecule has 0 aliphatic carbocycles. The van der Waals surface area contributed by atoms with Crippen LogP contribution in [0, 0.1) is 5.92 Å². The first-order valence-electron chi connectivity index (χ1n) is 13.6. The summed E-state index contributed by atoms with van der Waals surface area (Å²) in [5.41, 5.74) is 3.48. The summed E-state index contributed by atoms with van der Waals surface area (Å²) >= 11 is 1.34. The molecule has 0 saturated carbocycles. The average Bonchev–Trinajstić information content (AvgIpc) is 2.95. The summed E-state index contributed by atoms with van der Waals surface area (Å²) in [4.78, 5) is 85.8. The lowest BCUT2D eigenvalue weighted by Crippen LogP contribution is -2.71. The van der Waals surface area contributed by atoms with Crippen molar-refractivity contribution in [2.45, 2.75) is 82.4 Å². The van der Waals surface area contributed by atoms with Gasteiger partial charge in [0.25, 0.3) is 5.91 Å². The fourth-order valence-corrected chi connectivity index (χ4v) is 4.02. The SMILES string of the molecule is CSCC[C@H](NC(=O)[C@@H](NC(=O)[C@@H]([NH3+])CO)C(C)C)C(=O)N[C@@H](CO)C(=O)N[C@H](C(=O)N[C@@H](CCC(=O)[O-])C(=O)[O-])[C@@H](C)O. The van der Waals surface area contributed by atoms with E-state index in [1.807, 2.05) is 5.32 Å². The van der Waals surface area contributed by atoms with E-state index in [1.54, 1.807) is 20.1 Å². The summed E-state index contributed by atoms with van der Waals surface area (Å²) in [6.45, 7) is 2.81. The number of carbonyl (C=O) groups is 7. The highest BCUT2D eigenvalue weighted by atomic mass is 32.2. The van der Waals surface area contributed by atoms with Crippen LogP contribution in [0.4, 0.5) is 0 Å². The van der Waals surface area contributed by atoms with Crippen LogP contribution in [0.25, 0.3) is 0 Å². The van der Waals surface area contributed by atoms with E-state index in [2.05, 4.69) is 27.0 Å². The van der Waals surface area contributed by atoms with Crippen molar-refractivity contribution in [3.8, 4) is 0 Å². The molecule has 0 fully saturated rings. The number of carboxylic acid groups (broad SMARTS) is 2. The van der Waals surface area contributed by atoms with Gasteiger partial charge in [0.15, 0.2) is 6.04 Å². The van der Waals surface area contributed by atoms with Gasteiger partial charge in [-0.3, -0.25) is 24.0 Å². The quantitative estimate of drug-likeness (QED) is 0.0557. The highest BCUT2D eigenvalue weighted by Crippen LogP contribution is 2.07. The first-order valence-corrected chi connectivity index (χ1v) is 15.0. The molecule has 0 bridgehead atoms. The zero-order valence-electron chi connectivity index (χ0n) is 25.0. The Balaban J connectivity index is 5.71. The summed E-state index contributed by atoms with van der Waals surface area (Å²) in [5.74, 6) is -8.19. The molecule has 0 rings (SSSR count). The van der Waals surface area contributed by atoms with Crippen LogP contribution in [0.5, 0.6) is 0 Å². The number of nitrogens with one attached hydrogen (secondary N) is 5. The molecule has 0 aromatic rings. The van der Waals surface area contributed by atoms with Gasteiger partial charge in [-0.2, -0.15) is 11.8 Å². The largest absolute Gasteiger partial charge is 0.550 e. The smallest absolute Gasteiger partial charge is 0.281 e. The highest BCUT2D eigenvalue weighted by Gasteiger charge is 2.34. The third-order valence-corrected chi connectivity index (χ3v) is 6.84. The fourth-order valence-electron chi connectivity index (χ4n) is 3.55. The van der Waals surface area contributed by atoms with E-state index in [4.69, 9.17) is 5.11 Å². The van der Waals surface area contributed by atoms with E-state index in [0.29, 0.717) is 5.75 Å². The monoisotopic (exact) mass is 651 g/mol. The van der Waals surface area contributed by atoms with Crippen molar-refractivity contribution in [3.05, 3.63) is 0 Å². The maximum absolute atomic E-state index is 13.1. The molecule has 44 heavy (non-hydrogen) atoms. The van der Waals surface area contributed by atoms with E-state index in [1.165, 1.54) is 11.8 Å². The summed E-state index contributed by atoms with van der Waals surface area (Å²) in [6, 6.07) is -8.68. The molecule has 11 N–H and O–H groups in total. The molecule has 252 valence electrons. The van der Waals surface area contributed by atoms with Gasteiger partial charge in [-0.15, -0.1) is 0 Å². The lowest BCUT2D eigenvalue weighted by molar-refractivity contribution is -0.409. The van der Waals surface area contributed by atoms with Gasteiger partial charge >= 0.3 is 0 Å². The maximum atomic E-state index is 13.1. The second-order valence-electron chi connectivity index (χ2n) is 10.2. The van der Waals surface area contributed by atoms with E-state index in [0.717, 1.165) is 6.92 Å². The predicted molar refractivity (Wildman–Crippen MR) is 149 cm³/mol. The van der Waals surface area contributed by atoms with Gasteiger partial charge in [0, 0.05) is 5.97 Å². The Kier molecular flexibility index (Phi) is 18.8. The molecule has 19 heteroatoms. The van der Waals surface area contributed by atoms with Crippen LogP contribution in [-0.2, 0) is 33.6 Å². The Morgan fingerprint density at radius 1 is 0.705 bits per heavy atom. The van der Waals surface area contributed by atoms with Crippen molar-refractivity contribution in [3.63, 3.8) is 0 Å². The van der Waals surface area contributed by atoms with Crippen LogP contribution in [0.3, 0.4) is 0 Å². The second kappa shape index (κ2) is 20.4.